The molecule has 0 saturated carbocycles. The van der Waals surface area contributed by atoms with Crippen LogP contribution in [0, 0.1) is 13.8 Å². The molecule has 0 saturated heterocycles. The molecule has 1 N–H and O–H groups in total. The van der Waals surface area contributed by atoms with Gasteiger partial charge >= 0.3 is 5.97 Å². The van der Waals surface area contributed by atoms with Gasteiger partial charge in [-0.1, -0.05) is 29.3 Å². The van der Waals surface area contributed by atoms with Gasteiger partial charge in [-0.25, -0.2) is 14.8 Å². The Balaban J connectivity index is 2.03. The number of hydrogen-bond donors (Lipinski definition) is 1. The minimum absolute atomic E-state index is 0.0317. The quantitative estimate of drug-likeness (QED) is 0.868. The highest BCUT2D eigenvalue weighted by Gasteiger charge is 2.05. The monoisotopic (exact) mass is 274 g/mol. The predicted molar refractivity (Wildman–Crippen MR) is 74.5 cm³/mol. The molecule has 1 aromatic heterocycles. The number of rotatable bonds is 4. The number of carboxylic acids is 1. The van der Waals surface area contributed by atoms with E-state index >= 15 is 0 Å². The van der Waals surface area contributed by atoms with Crippen LogP contribution in [0.4, 0.5) is 0 Å². The second-order valence-corrected chi connectivity index (χ2v) is 5.33. The maximum Gasteiger partial charge on any atom is 0.356 e. The van der Waals surface area contributed by atoms with E-state index in [0.717, 1.165) is 10.8 Å². The van der Waals surface area contributed by atoms with E-state index in [1.807, 2.05) is 0 Å². The van der Waals surface area contributed by atoms with Crippen molar-refractivity contribution in [2.45, 2.75) is 24.6 Å². The number of thioether (sulfide) groups is 1. The Kier molecular flexibility index (Phi) is 4.16. The Labute approximate surface area is 115 Å². The van der Waals surface area contributed by atoms with Crippen molar-refractivity contribution in [2.24, 2.45) is 0 Å². The van der Waals surface area contributed by atoms with Gasteiger partial charge in [0.25, 0.3) is 0 Å². The van der Waals surface area contributed by atoms with Gasteiger partial charge in [-0.05, 0) is 19.4 Å². The Bertz CT molecular complexity index is 577. The maximum atomic E-state index is 10.7. The minimum atomic E-state index is -1.06. The van der Waals surface area contributed by atoms with E-state index in [-0.39, 0.29) is 5.69 Å². The van der Waals surface area contributed by atoms with Gasteiger partial charge in [0.05, 0.1) is 12.4 Å². The van der Waals surface area contributed by atoms with E-state index < -0.39 is 5.97 Å². The van der Waals surface area contributed by atoms with Gasteiger partial charge in [-0.3, -0.25) is 0 Å². The van der Waals surface area contributed by atoms with Crippen molar-refractivity contribution < 1.29 is 9.90 Å². The highest BCUT2D eigenvalue weighted by molar-refractivity contribution is 7.98. The number of carboxylic acid groups (broad SMARTS) is 1. The van der Waals surface area contributed by atoms with Crippen LogP contribution in [0.2, 0.25) is 0 Å². The zero-order valence-corrected chi connectivity index (χ0v) is 11.6. The van der Waals surface area contributed by atoms with Gasteiger partial charge in [0.15, 0.2) is 5.69 Å². The molecular weight excluding hydrogens is 260 g/mol. The van der Waals surface area contributed by atoms with Crippen LogP contribution in [-0.4, -0.2) is 21.0 Å². The molecule has 5 heteroatoms. The van der Waals surface area contributed by atoms with Crippen molar-refractivity contribution in [3.05, 3.63) is 53.0 Å². The molecule has 0 spiro atoms. The van der Waals surface area contributed by atoms with Gasteiger partial charge in [0.2, 0.25) is 0 Å². The highest BCUT2D eigenvalue weighted by Crippen LogP contribution is 2.21. The van der Waals surface area contributed by atoms with Crippen LogP contribution in [0.15, 0.2) is 35.6 Å². The summed E-state index contributed by atoms with van der Waals surface area (Å²) >= 11 is 1.54. The zero-order chi connectivity index (χ0) is 13.8. The summed E-state index contributed by atoms with van der Waals surface area (Å²) in [5, 5.41) is 9.46. The van der Waals surface area contributed by atoms with Crippen LogP contribution in [0.5, 0.6) is 0 Å². The van der Waals surface area contributed by atoms with Crippen LogP contribution >= 0.6 is 11.8 Å². The van der Waals surface area contributed by atoms with E-state index in [4.69, 9.17) is 5.11 Å². The average Bonchev–Trinajstić information content (AvgIpc) is 2.36. The van der Waals surface area contributed by atoms with Crippen LogP contribution < -0.4 is 0 Å². The summed E-state index contributed by atoms with van der Waals surface area (Å²) in [4.78, 5) is 18.6. The van der Waals surface area contributed by atoms with Gasteiger partial charge in [-0.15, -0.1) is 11.8 Å². The van der Waals surface area contributed by atoms with Crippen LogP contribution in [0.25, 0.3) is 0 Å². The fraction of sp³-hybridized carbons (Fsp3) is 0.214. The maximum absolute atomic E-state index is 10.7. The fourth-order valence-corrected chi connectivity index (χ4v) is 2.55. The Morgan fingerprint density at radius 3 is 2.37 bits per heavy atom. The molecular formula is C14H14N2O2S. The molecule has 19 heavy (non-hydrogen) atoms. The molecule has 0 aliphatic heterocycles. The summed E-state index contributed by atoms with van der Waals surface area (Å²) < 4.78 is 0. The first-order valence-electron chi connectivity index (χ1n) is 5.80. The molecule has 1 aromatic carbocycles. The molecule has 0 fully saturated rings. The van der Waals surface area contributed by atoms with Crippen molar-refractivity contribution in [1.82, 2.24) is 9.97 Å². The lowest BCUT2D eigenvalue weighted by Gasteiger charge is -2.04. The lowest BCUT2D eigenvalue weighted by Crippen LogP contribution is -2.00. The largest absolute Gasteiger partial charge is 0.476 e. The van der Waals surface area contributed by atoms with Gasteiger partial charge in [-0.2, -0.15) is 0 Å². The van der Waals surface area contributed by atoms with E-state index in [0.29, 0.717) is 0 Å². The Morgan fingerprint density at radius 1 is 1.16 bits per heavy atom. The van der Waals surface area contributed by atoms with Gasteiger partial charge in [0, 0.05) is 5.75 Å². The molecule has 2 rings (SSSR count). The van der Waals surface area contributed by atoms with Gasteiger partial charge in [0.1, 0.15) is 5.03 Å². The Hall–Kier alpha value is -1.88. The number of aryl methyl sites for hydroxylation is 2. The summed E-state index contributed by atoms with van der Waals surface area (Å²) in [6.45, 7) is 4.14. The number of benzene rings is 1. The topological polar surface area (TPSA) is 63.1 Å². The molecule has 0 bridgehead atoms. The standard InChI is InChI=1S/C14H14N2O2S/c1-9-3-10(2)5-11(4-9)8-19-13-7-15-12(6-16-13)14(17)18/h3-7H,8H2,1-2H3,(H,17,18). The molecule has 0 unspecified atom stereocenters. The number of carbonyl (C=O) groups is 1. The van der Waals surface area contributed by atoms with E-state index in [9.17, 15) is 4.79 Å². The summed E-state index contributed by atoms with van der Waals surface area (Å²) in [7, 11) is 0. The molecule has 1 heterocycles. The van der Waals surface area contributed by atoms with E-state index in [1.54, 1.807) is 11.8 Å². The van der Waals surface area contributed by atoms with Crippen LogP contribution in [0.1, 0.15) is 27.2 Å². The van der Waals surface area contributed by atoms with Crippen molar-refractivity contribution in [2.75, 3.05) is 0 Å². The summed E-state index contributed by atoms with van der Waals surface area (Å²) in [6.07, 6.45) is 2.78. The fourth-order valence-electron chi connectivity index (χ4n) is 1.81. The summed E-state index contributed by atoms with van der Waals surface area (Å²) in [5.74, 6) is -0.262. The first-order valence-corrected chi connectivity index (χ1v) is 6.78. The lowest BCUT2D eigenvalue weighted by molar-refractivity contribution is 0.0689. The normalized spacial score (nSPS) is 10.4. The summed E-state index contributed by atoms with van der Waals surface area (Å²) in [5.41, 5.74) is 3.67. The third-order valence-corrected chi connectivity index (χ3v) is 3.50. The number of aromatic carboxylic acids is 1. The van der Waals surface area contributed by atoms with Crippen molar-refractivity contribution in [1.29, 1.82) is 0 Å². The predicted octanol–water partition coefficient (Wildman–Crippen LogP) is 3.08. The summed E-state index contributed by atoms with van der Waals surface area (Å²) in [6, 6.07) is 6.41. The average molecular weight is 274 g/mol. The van der Waals surface area contributed by atoms with E-state index in [2.05, 4.69) is 42.0 Å². The Morgan fingerprint density at radius 2 is 1.84 bits per heavy atom. The molecule has 0 aliphatic rings. The van der Waals surface area contributed by atoms with Crippen molar-refractivity contribution in [3.8, 4) is 0 Å². The minimum Gasteiger partial charge on any atom is -0.476 e. The number of hydrogen-bond acceptors (Lipinski definition) is 4. The highest BCUT2D eigenvalue weighted by atomic mass is 32.2. The molecule has 98 valence electrons. The van der Waals surface area contributed by atoms with Crippen molar-refractivity contribution >= 4 is 17.7 Å². The molecule has 2 aromatic rings. The van der Waals surface area contributed by atoms with Crippen molar-refractivity contribution in [3.63, 3.8) is 0 Å². The third kappa shape index (κ3) is 3.79. The first kappa shape index (κ1) is 13.5. The van der Waals surface area contributed by atoms with Crippen LogP contribution in [0.3, 0.4) is 0 Å². The number of aromatic nitrogens is 2. The molecule has 0 radical (unpaired) electrons. The molecule has 4 nitrogen and oxygen atoms in total. The molecule has 0 atom stereocenters. The molecule has 0 amide bonds. The molecule has 0 aliphatic carbocycles. The second kappa shape index (κ2) is 5.84. The third-order valence-electron chi connectivity index (χ3n) is 2.52. The van der Waals surface area contributed by atoms with E-state index in [1.165, 1.54) is 29.1 Å². The number of nitrogens with zero attached hydrogens (tertiary/aromatic N) is 2. The van der Waals surface area contributed by atoms with Gasteiger partial charge < -0.3 is 5.11 Å². The van der Waals surface area contributed by atoms with Crippen LogP contribution in [-0.2, 0) is 5.75 Å². The second-order valence-electron chi connectivity index (χ2n) is 4.33. The lowest BCUT2D eigenvalue weighted by atomic mass is 10.1. The first-order chi connectivity index (χ1) is 9.04. The smallest absolute Gasteiger partial charge is 0.356 e. The SMILES string of the molecule is Cc1cc(C)cc(CSc2cnc(C(=O)O)cn2)c1. The zero-order valence-electron chi connectivity index (χ0n) is 10.8.